The first-order valence-corrected chi connectivity index (χ1v) is 16.5. The van der Waals surface area contributed by atoms with Gasteiger partial charge in [-0.15, -0.1) is 0 Å². The molecule has 0 bridgehead atoms. The Labute approximate surface area is 274 Å². The molecule has 6 heterocycles. The number of carbonyl (C=O) groups is 4. The Morgan fingerprint density at radius 1 is 0.681 bits per heavy atom. The maximum atomic E-state index is 13.3. The summed E-state index contributed by atoms with van der Waals surface area (Å²) in [6, 6.07) is 22.6. The monoisotopic (exact) mass is 632 g/mol. The predicted molar refractivity (Wildman–Crippen MR) is 177 cm³/mol. The van der Waals surface area contributed by atoms with Crippen LogP contribution in [0.1, 0.15) is 55.9 Å². The van der Waals surface area contributed by atoms with Crippen LogP contribution in [0.2, 0.25) is 0 Å². The van der Waals surface area contributed by atoms with Gasteiger partial charge in [-0.2, -0.15) is 0 Å². The highest BCUT2D eigenvalue weighted by Crippen LogP contribution is 2.53. The molecule has 9 rings (SSSR count). The second-order valence-electron chi connectivity index (χ2n) is 14.4. The highest BCUT2D eigenvalue weighted by atomic mass is 16.2. The third-order valence-electron chi connectivity index (χ3n) is 11.3. The van der Waals surface area contributed by atoms with Gasteiger partial charge in [0, 0.05) is 28.6 Å². The highest BCUT2D eigenvalue weighted by molar-refractivity contribution is 5.99. The fraction of sp³-hybridized carbons (Fsp3) is 0.405. The number of amides is 4. The Hall–Kier alpha value is -4.86. The van der Waals surface area contributed by atoms with Gasteiger partial charge in [0.15, 0.2) is 0 Å². The van der Waals surface area contributed by atoms with Gasteiger partial charge in [-0.3, -0.25) is 19.2 Å². The van der Waals surface area contributed by atoms with Crippen LogP contribution in [0, 0.1) is 6.92 Å². The van der Waals surface area contributed by atoms with Crippen molar-refractivity contribution in [2.24, 2.45) is 0 Å². The number of hydrogen-bond donors (Lipinski definition) is 4. The molecule has 242 valence electrons. The van der Waals surface area contributed by atoms with Crippen molar-refractivity contribution in [1.29, 1.82) is 0 Å². The molecule has 3 aromatic rings. The van der Waals surface area contributed by atoms with E-state index < -0.39 is 18.1 Å². The molecule has 0 saturated carbocycles. The highest BCUT2D eigenvalue weighted by Gasteiger charge is 2.61. The number of benzene rings is 3. The van der Waals surface area contributed by atoms with Crippen LogP contribution in [0.5, 0.6) is 0 Å². The number of fused-ring (bicyclic) bond motifs is 10. The summed E-state index contributed by atoms with van der Waals surface area (Å²) in [6.07, 6.45) is 1.55. The lowest BCUT2D eigenvalue weighted by Crippen LogP contribution is -2.64. The quantitative estimate of drug-likeness (QED) is 0.345. The molecule has 0 aliphatic carbocycles. The lowest BCUT2D eigenvalue weighted by Gasteiger charge is -2.38. The van der Waals surface area contributed by atoms with Crippen molar-refractivity contribution < 1.29 is 19.2 Å². The summed E-state index contributed by atoms with van der Waals surface area (Å²) in [4.78, 5) is 54.4. The van der Waals surface area contributed by atoms with E-state index in [1.165, 1.54) is 16.7 Å². The number of nitrogens with zero attached hydrogens (tertiary/aromatic N) is 2. The Kier molecular flexibility index (Phi) is 6.49. The predicted octanol–water partition coefficient (Wildman–Crippen LogP) is 3.16. The number of para-hydroxylation sites is 1. The summed E-state index contributed by atoms with van der Waals surface area (Å²) in [5.41, 5.74) is 6.36. The Bertz CT molecular complexity index is 1830. The number of nitrogens with one attached hydrogen (secondary N) is 4. The standard InChI is InChI=1S/C21H21N3O2.C16H19N3O2/c1-21-12-17-18(25)22-16(11-13-7-3-2-4-8-13)19(26)24(17)20(21)23-15-10-6-5-9-14(15)21;1-8-4-5-11-10(6-8)16(3)7-12-13(20)17-9(2)14(21)19(12)15(16)18-11/h2-10,16-17,20,23H,11-12H2,1H3,(H,22,25);4-6,9,12,15,18H,7H2,1-3H3,(H,17,20)/t16-,17-,20+,21+;9-,12-,15+,16+/m00/s1. The second kappa shape index (κ2) is 10.3. The van der Waals surface area contributed by atoms with Crippen molar-refractivity contribution in [1.82, 2.24) is 20.4 Å². The van der Waals surface area contributed by atoms with Gasteiger partial charge in [0.1, 0.15) is 36.5 Å². The van der Waals surface area contributed by atoms with Crippen molar-refractivity contribution in [2.45, 2.75) is 94.3 Å². The lowest BCUT2D eigenvalue weighted by molar-refractivity contribution is -0.148. The van der Waals surface area contributed by atoms with Crippen LogP contribution in [0.4, 0.5) is 11.4 Å². The molecule has 3 aromatic carbocycles. The number of rotatable bonds is 2. The van der Waals surface area contributed by atoms with E-state index in [1.807, 2.05) is 48.5 Å². The van der Waals surface area contributed by atoms with Gasteiger partial charge in [0.05, 0.1) is 0 Å². The SMILES string of the molecule is C[C@]12C[C@H]3C(=O)N[C@@H](Cc4ccccc4)C(=O)N3[C@H]1Nc1ccccc12.Cc1ccc2c(c1)[C@@]1(C)C[C@H]3C(=O)N[C@@H](C)C(=O)N3[C@H]1N2. The molecule has 10 heteroatoms. The molecule has 10 nitrogen and oxygen atoms in total. The second-order valence-corrected chi connectivity index (χ2v) is 14.4. The average molecular weight is 633 g/mol. The van der Waals surface area contributed by atoms with Gasteiger partial charge < -0.3 is 31.1 Å². The Morgan fingerprint density at radius 2 is 1.26 bits per heavy atom. The summed E-state index contributed by atoms with van der Waals surface area (Å²) < 4.78 is 0. The normalized spacial score (nSPS) is 34.0. The molecular weight excluding hydrogens is 592 g/mol. The summed E-state index contributed by atoms with van der Waals surface area (Å²) in [5, 5.41) is 12.7. The first-order chi connectivity index (χ1) is 22.5. The maximum Gasteiger partial charge on any atom is 0.247 e. The number of piperazine rings is 2. The van der Waals surface area contributed by atoms with Crippen molar-refractivity contribution in [3.8, 4) is 0 Å². The molecule has 4 amide bonds. The molecule has 4 N–H and O–H groups in total. The molecule has 0 unspecified atom stereocenters. The van der Waals surface area contributed by atoms with E-state index in [0.717, 1.165) is 16.9 Å². The van der Waals surface area contributed by atoms with Crippen molar-refractivity contribution in [3.05, 3.63) is 95.1 Å². The first-order valence-electron chi connectivity index (χ1n) is 16.5. The minimum atomic E-state index is -0.506. The summed E-state index contributed by atoms with van der Waals surface area (Å²) in [5.74, 6) is -0.0630. The average Bonchev–Trinajstić information content (AvgIpc) is 3.71. The van der Waals surface area contributed by atoms with Gasteiger partial charge in [0.2, 0.25) is 23.6 Å². The molecule has 0 radical (unpaired) electrons. The number of anilines is 2. The fourth-order valence-corrected chi connectivity index (χ4v) is 8.92. The zero-order valence-electron chi connectivity index (χ0n) is 27.0. The largest absolute Gasteiger partial charge is 0.364 e. The molecular formula is C37H40N6O4. The zero-order chi connectivity index (χ0) is 32.8. The topological polar surface area (TPSA) is 123 Å². The molecule has 47 heavy (non-hydrogen) atoms. The van der Waals surface area contributed by atoms with E-state index in [1.54, 1.807) is 16.7 Å². The summed E-state index contributed by atoms with van der Waals surface area (Å²) in [7, 11) is 0. The Balaban J connectivity index is 0.000000141. The van der Waals surface area contributed by atoms with Crippen LogP contribution in [0.3, 0.4) is 0 Å². The molecule has 8 atom stereocenters. The van der Waals surface area contributed by atoms with E-state index >= 15 is 0 Å². The third kappa shape index (κ3) is 4.29. The minimum Gasteiger partial charge on any atom is -0.364 e. The van der Waals surface area contributed by atoms with E-state index in [0.29, 0.717) is 19.3 Å². The van der Waals surface area contributed by atoms with Crippen LogP contribution in [0.15, 0.2) is 72.8 Å². The smallest absolute Gasteiger partial charge is 0.247 e. The van der Waals surface area contributed by atoms with Crippen molar-refractivity contribution in [2.75, 3.05) is 10.6 Å². The van der Waals surface area contributed by atoms with E-state index in [-0.39, 0.29) is 52.8 Å². The van der Waals surface area contributed by atoms with E-state index in [4.69, 9.17) is 0 Å². The van der Waals surface area contributed by atoms with E-state index in [2.05, 4.69) is 66.3 Å². The van der Waals surface area contributed by atoms with Gasteiger partial charge >= 0.3 is 0 Å². The van der Waals surface area contributed by atoms with Crippen LogP contribution in [-0.4, -0.2) is 69.9 Å². The van der Waals surface area contributed by atoms with Crippen LogP contribution < -0.4 is 21.3 Å². The molecule has 6 aliphatic heterocycles. The first kappa shape index (κ1) is 29.5. The van der Waals surface area contributed by atoms with Crippen LogP contribution in [0.25, 0.3) is 0 Å². The van der Waals surface area contributed by atoms with Gasteiger partial charge in [-0.05, 0) is 55.5 Å². The molecule has 0 spiro atoms. The maximum absolute atomic E-state index is 13.3. The van der Waals surface area contributed by atoms with Gasteiger partial charge in [-0.1, -0.05) is 80.1 Å². The van der Waals surface area contributed by atoms with E-state index in [9.17, 15) is 19.2 Å². The lowest BCUT2D eigenvalue weighted by atomic mass is 9.79. The molecule has 4 saturated heterocycles. The number of hydrogen-bond acceptors (Lipinski definition) is 6. The van der Waals surface area contributed by atoms with Crippen molar-refractivity contribution in [3.63, 3.8) is 0 Å². The molecule has 0 aromatic heterocycles. The van der Waals surface area contributed by atoms with Crippen molar-refractivity contribution >= 4 is 35.0 Å². The van der Waals surface area contributed by atoms with Crippen LogP contribution >= 0.6 is 0 Å². The summed E-state index contributed by atoms with van der Waals surface area (Å²) >= 11 is 0. The molecule has 4 fully saturated rings. The Morgan fingerprint density at radius 3 is 1.96 bits per heavy atom. The molecule has 6 aliphatic rings. The third-order valence-corrected chi connectivity index (χ3v) is 11.3. The number of carbonyl (C=O) groups excluding carboxylic acids is 4. The van der Waals surface area contributed by atoms with Gasteiger partial charge in [0.25, 0.3) is 0 Å². The number of aryl methyl sites for hydroxylation is 1. The minimum absolute atomic E-state index is 0.00496. The van der Waals surface area contributed by atoms with Crippen LogP contribution in [-0.2, 0) is 36.4 Å². The zero-order valence-corrected chi connectivity index (χ0v) is 27.0. The summed E-state index contributed by atoms with van der Waals surface area (Å²) in [6.45, 7) is 8.12. The van der Waals surface area contributed by atoms with Gasteiger partial charge in [-0.25, -0.2) is 0 Å². The fourth-order valence-electron chi connectivity index (χ4n) is 8.92.